The fourth-order valence-corrected chi connectivity index (χ4v) is 1.18. The maximum Gasteiger partial charge on any atom is 0.157 e. The van der Waals surface area contributed by atoms with Gasteiger partial charge in [-0.1, -0.05) is 0 Å². The van der Waals surface area contributed by atoms with Gasteiger partial charge in [-0.2, -0.15) is 0 Å². The molecular formula is C10H22FNO2. The summed E-state index contributed by atoms with van der Waals surface area (Å²) in [4.78, 5) is 0. The van der Waals surface area contributed by atoms with Gasteiger partial charge in [0.2, 0.25) is 0 Å². The highest BCUT2D eigenvalue weighted by Crippen LogP contribution is 2.19. The average Bonchev–Trinajstić information content (AvgIpc) is 2.13. The number of hydrogen-bond donors (Lipinski definition) is 1. The fraction of sp³-hybridized carbons (Fsp3) is 1.00. The van der Waals surface area contributed by atoms with Crippen molar-refractivity contribution in [3.63, 3.8) is 0 Å². The van der Waals surface area contributed by atoms with Crippen molar-refractivity contribution in [1.29, 1.82) is 0 Å². The van der Waals surface area contributed by atoms with Crippen LogP contribution in [0.15, 0.2) is 0 Å². The van der Waals surface area contributed by atoms with E-state index in [4.69, 9.17) is 15.2 Å². The third kappa shape index (κ3) is 6.29. The summed E-state index contributed by atoms with van der Waals surface area (Å²) in [7, 11) is 1.49. The van der Waals surface area contributed by atoms with Crippen LogP contribution < -0.4 is 5.73 Å². The topological polar surface area (TPSA) is 44.5 Å². The smallest absolute Gasteiger partial charge is 0.157 e. The SMILES string of the molecule is COCC(F)(CCCN)COC(C)C. The molecule has 0 aliphatic carbocycles. The van der Waals surface area contributed by atoms with Gasteiger partial charge in [0.1, 0.15) is 0 Å². The monoisotopic (exact) mass is 207 g/mol. The first-order chi connectivity index (χ1) is 6.54. The standard InChI is InChI=1S/C10H22FNO2/c1-9(2)14-8-10(11,7-13-3)5-4-6-12/h9H,4-8,12H2,1-3H3. The van der Waals surface area contributed by atoms with Gasteiger partial charge in [0.15, 0.2) is 5.67 Å². The van der Waals surface area contributed by atoms with Crippen LogP contribution in [0.4, 0.5) is 4.39 Å². The van der Waals surface area contributed by atoms with Crippen molar-refractivity contribution < 1.29 is 13.9 Å². The van der Waals surface area contributed by atoms with Crippen LogP contribution in [0.3, 0.4) is 0 Å². The van der Waals surface area contributed by atoms with Crippen LogP contribution >= 0.6 is 0 Å². The third-order valence-corrected chi connectivity index (χ3v) is 1.91. The summed E-state index contributed by atoms with van der Waals surface area (Å²) < 4.78 is 24.1. The van der Waals surface area contributed by atoms with Crippen LogP contribution in [0.5, 0.6) is 0 Å². The Morgan fingerprint density at radius 3 is 2.43 bits per heavy atom. The van der Waals surface area contributed by atoms with Crippen LogP contribution in [0.2, 0.25) is 0 Å². The van der Waals surface area contributed by atoms with Crippen molar-refractivity contribution in [2.45, 2.75) is 38.5 Å². The van der Waals surface area contributed by atoms with E-state index in [9.17, 15) is 4.39 Å². The van der Waals surface area contributed by atoms with Gasteiger partial charge in [-0.15, -0.1) is 0 Å². The summed E-state index contributed by atoms with van der Waals surface area (Å²) in [6.45, 7) is 4.42. The Morgan fingerprint density at radius 2 is 2.00 bits per heavy atom. The normalized spacial score (nSPS) is 15.9. The van der Waals surface area contributed by atoms with Crippen molar-refractivity contribution in [1.82, 2.24) is 0 Å². The van der Waals surface area contributed by atoms with E-state index in [1.54, 1.807) is 0 Å². The Hall–Kier alpha value is -0.190. The maximum atomic E-state index is 14.0. The van der Waals surface area contributed by atoms with Gasteiger partial charge in [-0.25, -0.2) is 4.39 Å². The zero-order chi connectivity index (χ0) is 11.0. The van der Waals surface area contributed by atoms with E-state index in [2.05, 4.69) is 0 Å². The summed E-state index contributed by atoms with van der Waals surface area (Å²) >= 11 is 0. The largest absolute Gasteiger partial charge is 0.381 e. The second-order valence-corrected chi connectivity index (χ2v) is 3.84. The van der Waals surface area contributed by atoms with Gasteiger partial charge in [-0.3, -0.25) is 0 Å². The number of alkyl halides is 1. The van der Waals surface area contributed by atoms with E-state index >= 15 is 0 Å². The minimum atomic E-state index is -1.39. The Labute approximate surface area is 85.8 Å². The molecule has 0 amide bonds. The van der Waals surface area contributed by atoms with E-state index < -0.39 is 5.67 Å². The molecule has 0 aromatic carbocycles. The number of halogens is 1. The molecule has 0 spiro atoms. The van der Waals surface area contributed by atoms with Crippen molar-refractivity contribution in [2.24, 2.45) is 5.73 Å². The van der Waals surface area contributed by atoms with Crippen LogP contribution in [-0.4, -0.2) is 38.6 Å². The lowest BCUT2D eigenvalue weighted by Crippen LogP contribution is -2.36. The highest BCUT2D eigenvalue weighted by atomic mass is 19.1. The zero-order valence-electron chi connectivity index (χ0n) is 9.38. The number of hydrogen-bond acceptors (Lipinski definition) is 3. The highest BCUT2D eigenvalue weighted by molar-refractivity contribution is 4.79. The van der Waals surface area contributed by atoms with Gasteiger partial charge in [0, 0.05) is 7.11 Å². The van der Waals surface area contributed by atoms with Crippen LogP contribution in [-0.2, 0) is 9.47 Å². The van der Waals surface area contributed by atoms with E-state index in [0.717, 1.165) is 0 Å². The highest BCUT2D eigenvalue weighted by Gasteiger charge is 2.29. The second-order valence-electron chi connectivity index (χ2n) is 3.84. The van der Waals surface area contributed by atoms with Gasteiger partial charge < -0.3 is 15.2 Å². The predicted molar refractivity (Wildman–Crippen MR) is 55.1 cm³/mol. The van der Waals surface area contributed by atoms with Crippen molar-refractivity contribution in [3.8, 4) is 0 Å². The van der Waals surface area contributed by atoms with Gasteiger partial charge in [0.05, 0.1) is 19.3 Å². The van der Waals surface area contributed by atoms with Gasteiger partial charge in [-0.05, 0) is 33.2 Å². The lowest BCUT2D eigenvalue weighted by molar-refractivity contribution is -0.0551. The molecule has 0 heterocycles. The number of methoxy groups -OCH3 is 1. The zero-order valence-corrected chi connectivity index (χ0v) is 9.38. The van der Waals surface area contributed by atoms with Crippen molar-refractivity contribution >= 4 is 0 Å². The van der Waals surface area contributed by atoms with Crippen LogP contribution in [0.25, 0.3) is 0 Å². The van der Waals surface area contributed by atoms with Crippen LogP contribution in [0.1, 0.15) is 26.7 Å². The first-order valence-corrected chi connectivity index (χ1v) is 5.03. The Kier molecular flexibility index (Phi) is 7.05. The molecular weight excluding hydrogens is 185 g/mol. The average molecular weight is 207 g/mol. The number of ether oxygens (including phenoxy) is 2. The number of rotatable bonds is 8. The van der Waals surface area contributed by atoms with Gasteiger partial charge in [0.25, 0.3) is 0 Å². The lowest BCUT2D eigenvalue weighted by atomic mass is 10.0. The summed E-state index contributed by atoms with van der Waals surface area (Å²) in [5.41, 5.74) is 3.95. The van der Waals surface area contributed by atoms with Crippen molar-refractivity contribution in [3.05, 3.63) is 0 Å². The van der Waals surface area contributed by atoms with E-state index in [-0.39, 0.29) is 19.3 Å². The van der Waals surface area contributed by atoms with E-state index in [1.165, 1.54) is 7.11 Å². The molecule has 86 valence electrons. The summed E-state index contributed by atoms with van der Waals surface area (Å²) in [6, 6.07) is 0. The molecule has 0 aliphatic rings. The second kappa shape index (κ2) is 7.15. The molecule has 0 aromatic rings. The van der Waals surface area contributed by atoms with Gasteiger partial charge >= 0.3 is 0 Å². The third-order valence-electron chi connectivity index (χ3n) is 1.91. The Balaban J connectivity index is 3.95. The molecule has 0 aliphatic heterocycles. The maximum absolute atomic E-state index is 14.0. The predicted octanol–water partition coefficient (Wildman–Crippen LogP) is 1.50. The molecule has 0 bridgehead atoms. The molecule has 0 rings (SSSR count). The van der Waals surface area contributed by atoms with Crippen LogP contribution in [0, 0.1) is 0 Å². The van der Waals surface area contributed by atoms with Crippen molar-refractivity contribution in [2.75, 3.05) is 26.9 Å². The minimum Gasteiger partial charge on any atom is -0.381 e. The first-order valence-electron chi connectivity index (χ1n) is 5.03. The molecule has 1 atom stereocenters. The Bertz CT molecular complexity index is 144. The molecule has 0 saturated carbocycles. The molecule has 3 nitrogen and oxygen atoms in total. The number of nitrogens with two attached hydrogens (primary N) is 1. The quantitative estimate of drug-likeness (QED) is 0.656. The van der Waals surface area contributed by atoms with E-state index in [1.807, 2.05) is 13.8 Å². The molecule has 2 N–H and O–H groups in total. The lowest BCUT2D eigenvalue weighted by Gasteiger charge is -2.25. The molecule has 0 radical (unpaired) electrons. The molecule has 0 saturated heterocycles. The summed E-state index contributed by atoms with van der Waals surface area (Å²) in [5.74, 6) is 0. The fourth-order valence-electron chi connectivity index (χ4n) is 1.18. The molecule has 0 fully saturated rings. The summed E-state index contributed by atoms with van der Waals surface area (Å²) in [6.07, 6.45) is 1.09. The molecule has 0 aromatic heterocycles. The van der Waals surface area contributed by atoms with E-state index in [0.29, 0.717) is 19.4 Å². The minimum absolute atomic E-state index is 0.0415. The molecule has 4 heteroatoms. The first kappa shape index (κ1) is 13.8. The Morgan fingerprint density at radius 1 is 1.36 bits per heavy atom. The molecule has 1 unspecified atom stereocenters. The summed E-state index contributed by atoms with van der Waals surface area (Å²) in [5, 5.41) is 0. The molecule has 14 heavy (non-hydrogen) atoms.